The third kappa shape index (κ3) is 20.7. The summed E-state index contributed by atoms with van der Waals surface area (Å²) in [4.78, 5) is 0. The van der Waals surface area contributed by atoms with E-state index in [1.807, 2.05) is 0 Å². The molecule has 0 bridgehead atoms. The smallest absolute Gasteiger partial charge is 2.00 e. The van der Waals surface area contributed by atoms with Crippen LogP contribution in [0.2, 0.25) is 0 Å². The third-order valence-electron chi connectivity index (χ3n) is 0. The Morgan fingerprint density at radius 3 is 0.600 bits per heavy atom. The zero-order valence-electron chi connectivity index (χ0n) is 2.21. The summed E-state index contributed by atoms with van der Waals surface area (Å²) in [7, 11) is 0. The van der Waals surface area contributed by atoms with Gasteiger partial charge in [0.05, 0.1) is 0 Å². The minimum Gasteiger partial charge on any atom is -2.00 e. The van der Waals surface area contributed by atoms with Gasteiger partial charge in [-0.05, 0) is 0 Å². The van der Waals surface area contributed by atoms with Crippen molar-refractivity contribution in [2.45, 2.75) is 0 Å². The van der Waals surface area contributed by atoms with Gasteiger partial charge in [0.25, 0.3) is 0 Å². The van der Waals surface area contributed by atoms with E-state index in [0.717, 1.165) is 0 Å². The molecule has 0 saturated carbocycles. The number of rotatable bonds is 0. The fourth-order valence-electron chi connectivity index (χ4n) is 0. The summed E-state index contributed by atoms with van der Waals surface area (Å²) < 4.78 is 0. The largest absolute Gasteiger partial charge is 3.00 e. The molecule has 0 aliphatic carbocycles. The van der Waals surface area contributed by atoms with Crippen LogP contribution in [0.3, 0.4) is 0 Å². The average Bonchev–Trinajstić information content (AvgIpc) is 0. The molecular formula is O3PrSm. The molecule has 0 aromatic rings. The van der Waals surface area contributed by atoms with Crippen molar-refractivity contribution in [3.05, 3.63) is 0 Å². The molecule has 0 unspecified atom stereocenters. The summed E-state index contributed by atoms with van der Waals surface area (Å²) in [6.45, 7) is 0. The van der Waals surface area contributed by atoms with Crippen molar-refractivity contribution in [2.24, 2.45) is 0 Å². The molecule has 0 aliphatic heterocycles. The van der Waals surface area contributed by atoms with Gasteiger partial charge in [-0.15, -0.1) is 0 Å². The molecule has 0 amide bonds. The maximum absolute atomic E-state index is 0. The van der Waals surface area contributed by atoms with E-state index in [-0.39, 0.29) is 98.1 Å². The SMILES string of the molecule is [O-2].[O-2].[O-2].[Pr+3].[Sm+3]. The quantitative estimate of drug-likeness (QED) is 0.577. The Labute approximate surface area is 95.9 Å². The molecule has 3 nitrogen and oxygen atoms in total. The van der Waals surface area contributed by atoms with E-state index >= 15 is 0 Å². The maximum Gasteiger partial charge on any atom is 3.00 e. The molecule has 5 heavy (non-hydrogen) atoms. The molecule has 0 rings (SSSR count). The third-order valence-corrected chi connectivity index (χ3v) is 0. The van der Waals surface area contributed by atoms with Crippen molar-refractivity contribution in [3.63, 3.8) is 0 Å². The summed E-state index contributed by atoms with van der Waals surface area (Å²) in [5.74, 6) is 0. The molecule has 0 N–H and O–H groups in total. The first-order valence-corrected chi connectivity index (χ1v) is 0. The molecule has 0 aliphatic rings. The Hall–Kier alpha value is 2.58. The van der Waals surface area contributed by atoms with Gasteiger partial charge in [0.2, 0.25) is 0 Å². The van der Waals surface area contributed by atoms with Gasteiger partial charge in [0.15, 0.2) is 0 Å². The van der Waals surface area contributed by atoms with E-state index in [1.165, 1.54) is 0 Å². The minimum absolute atomic E-state index is 0. The Morgan fingerprint density at radius 2 is 0.600 bits per heavy atom. The maximum atomic E-state index is 0. The van der Waals surface area contributed by atoms with Crippen molar-refractivity contribution < 1.29 is 98.1 Å². The van der Waals surface area contributed by atoms with Crippen molar-refractivity contribution in [2.75, 3.05) is 0 Å². The predicted octanol–water partition coefficient (Wildman–Crippen LogP) is -0.356. The van der Waals surface area contributed by atoms with Crippen LogP contribution in [0.15, 0.2) is 0 Å². The van der Waals surface area contributed by atoms with Crippen LogP contribution in [0.25, 0.3) is 0 Å². The summed E-state index contributed by atoms with van der Waals surface area (Å²) in [5.41, 5.74) is 0. The number of hydrogen-bond acceptors (Lipinski definition) is 0. The Morgan fingerprint density at radius 1 is 0.600 bits per heavy atom. The second-order valence-corrected chi connectivity index (χ2v) is 0. The van der Waals surface area contributed by atoms with Crippen LogP contribution in [0.1, 0.15) is 0 Å². The fourth-order valence-corrected chi connectivity index (χ4v) is 0. The first-order valence-electron chi connectivity index (χ1n) is 0. The van der Waals surface area contributed by atoms with Gasteiger partial charge >= 0.3 is 81.7 Å². The van der Waals surface area contributed by atoms with Gasteiger partial charge in [-0.3, -0.25) is 0 Å². The molecule has 0 fully saturated rings. The minimum atomic E-state index is 0. The van der Waals surface area contributed by atoms with E-state index < -0.39 is 0 Å². The van der Waals surface area contributed by atoms with Crippen LogP contribution in [0, 0.1) is 81.7 Å². The molecule has 0 saturated heterocycles. The van der Waals surface area contributed by atoms with Gasteiger partial charge in [-0.2, -0.15) is 0 Å². The van der Waals surface area contributed by atoms with Gasteiger partial charge in [0.1, 0.15) is 0 Å². The van der Waals surface area contributed by atoms with E-state index in [0.29, 0.717) is 0 Å². The molecule has 0 aromatic heterocycles. The molecule has 27 valence electrons. The van der Waals surface area contributed by atoms with E-state index in [2.05, 4.69) is 0 Å². The van der Waals surface area contributed by atoms with E-state index in [9.17, 15) is 0 Å². The zero-order chi connectivity index (χ0) is 0. The van der Waals surface area contributed by atoms with Crippen LogP contribution in [0.4, 0.5) is 0 Å². The normalized spacial score (nSPS) is 0. The monoisotopic (exact) mass is 341 g/mol. The molecular weight excluding hydrogens is 339 g/mol. The Bertz CT molecular complexity index is 6.85. The average molecular weight is 339 g/mol. The molecule has 0 aromatic carbocycles. The number of hydrogen-bond donors (Lipinski definition) is 0. The molecule has 1 radical (unpaired) electrons. The summed E-state index contributed by atoms with van der Waals surface area (Å²) in [5, 5.41) is 0. The van der Waals surface area contributed by atoms with Gasteiger partial charge in [-0.25, -0.2) is 0 Å². The fraction of sp³-hybridized carbons (Fsp3) is 0. The standard InChI is InChI=1S/3O.Pr.Sm/q3*-2;2*+3. The van der Waals surface area contributed by atoms with Crippen molar-refractivity contribution in [1.29, 1.82) is 0 Å². The van der Waals surface area contributed by atoms with Crippen molar-refractivity contribution >= 4 is 0 Å². The summed E-state index contributed by atoms with van der Waals surface area (Å²) in [6, 6.07) is 0. The zero-order valence-corrected chi connectivity index (χ0v) is 8.53. The van der Waals surface area contributed by atoms with E-state index in [4.69, 9.17) is 0 Å². The molecule has 0 spiro atoms. The van der Waals surface area contributed by atoms with Crippen LogP contribution in [-0.2, 0) is 16.4 Å². The summed E-state index contributed by atoms with van der Waals surface area (Å²) >= 11 is 0. The van der Waals surface area contributed by atoms with Gasteiger partial charge in [0, 0.05) is 0 Å². The van der Waals surface area contributed by atoms with Crippen LogP contribution in [0.5, 0.6) is 0 Å². The van der Waals surface area contributed by atoms with E-state index in [1.54, 1.807) is 0 Å². The Balaban J connectivity index is 0. The van der Waals surface area contributed by atoms with Crippen LogP contribution in [-0.4, -0.2) is 0 Å². The van der Waals surface area contributed by atoms with Crippen molar-refractivity contribution in [3.8, 4) is 0 Å². The van der Waals surface area contributed by atoms with Crippen LogP contribution >= 0.6 is 0 Å². The predicted molar refractivity (Wildman–Crippen MR) is 2.06 cm³/mol. The van der Waals surface area contributed by atoms with Crippen LogP contribution < -0.4 is 0 Å². The molecule has 0 heterocycles. The molecule has 0 atom stereocenters. The second-order valence-electron chi connectivity index (χ2n) is 0. The Kier molecular flexibility index (Phi) is 303. The topological polar surface area (TPSA) is 85.5 Å². The first kappa shape index (κ1) is 49.3. The molecule has 5 heteroatoms. The van der Waals surface area contributed by atoms with Gasteiger partial charge < -0.3 is 16.4 Å². The van der Waals surface area contributed by atoms with Gasteiger partial charge in [-0.1, -0.05) is 0 Å². The van der Waals surface area contributed by atoms with Crippen molar-refractivity contribution in [1.82, 2.24) is 0 Å². The summed E-state index contributed by atoms with van der Waals surface area (Å²) in [6.07, 6.45) is 0. The first-order chi connectivity index (χ1) is 0. The second kappa shape index (κ2) is 30.8.